The van der Waals surface area contributed by atoms with Crippen molar-refractivity contribution in [2.75, 3.05) is 33.1 Å². The highest BCUT2D eigenvalue weighted by atomic mass is 19.4. The van der Waals surface area contributed by atoms with Crippen molar-refractivity contribution >= 4 is 28.9 Å². The second-order valence-corrected chi connectivity index (χ2v) is 11.6. The van der Waals surface area contributed by atoms with Crippen molar-refractivity contribution in [2.45, 2.75) is 30.7 Å². The highest BCUT2D eigenvalue weighted by Crippen LogP contribution is 2.55. The number of aliphatic hydroxyl groups is 3. The van der Waals surface area contributed by atoms with Gasteiger partial charge in [0.2, 0.25) is 5.78 Å². The van der Waals surface area contributed by atoms with Crippen molar-refractivity contribution in [2.24, 2.45) is 17.6 Å². The summed E-state index contributed by atoms with van der Waals surface area (Å²) in [5.41, 5.74) is 1.51. The number of likely N-dealkylation sites (N-methyl/N-ethyl adjacent to an activating group) is 1. The van der Waals surface area contributed by atoms with Crippen LogP contribution in [0.2, 0.25) is 0 Å². The standard InChI is InChI=1S/C30H30F3N3O7/c1-35(2)18-11-15(12-5-7-14(8-6-12)30(31,32)33)23(37)20-16(18)9-13-10-17-22(36(3)4)25(39)21(28(34)42)27(41)29(17,43)26(40)19(13)24(20)38/h5-8,11,13,17,22,37-38,41,43H,9-10H2,1-4H3,(H2,34,42). The second-order valence-electron chi connectivity index (χ2n) is 11.6. The highest BCUT2D eigenvalue weighted by molar-refractivity contribution is 6.24. The summed E-state index contributed by atoms with van der Waals surface area (Å²) in [6, 6.07) is 4.42. The molecule has 3 aliphatic rings. The lowest BCUT2D eigenvalue weighted by atomic mass is 9.57. The van der Waals surface area contributed by atoms with Crippen molar-refractivity contribution in [1.29, 1.82) is 0 Å². The van der Waals surface area contributed by atoms with Crippen LogP contribution in [0.25, 0.3) is 16.9 Å². The van der Waals surface area contributed by atoms with Gasteiger partial charge < -0.3 is 31.1 Å². The molecule has 4 atom stereocenters. The molecular weight excluding hydrogens is 571 g/mol. The number of primary amides is 1. The number of nitrogens with two attached hydrogens (primary N) is 1. The zero-order valence-electron chi connectivity index (χ0n) is 23.7. The minimum Gasteiger partial charge on any atom is -0.508 e. The molecule has 0 radical (unpaired) electrons. The summed E-state index contributed by atoms with van der Waals surface area (Å²) in [7, 11) is 6.41. The first-order valence-corrected chi connectivity index (χ1v) is 13.3. The number of phenols is 1. The molecule has 13 heteroatoms. The van der Waals surface area contributed by atoms with Crippen LogP contribution in [-0.2, 0) is 27.0 Å². The molecule has 0 saturated heterocycles. The number of anilines is 1. The zero-order valence-corrected chi connectivity index (χ0v) is 23.7. The van der Waals surface area contributed by atoms with Crippen LogP contribution in [0.1, 0.15) is 23.1 Å². The Balaban J connectivity index is 1.74. The van der Waals surface area contributed by atoms with Gasteiger partial charge in [-0.3, -0.25) is 19.3 Å². The molecule has 0 aromatic heterocycles. The fourth-order valence-corrected chi connectivity index (χ4v) is 6.75. The van der Waals surface area contributed by atoms with E-state index in [4.69, 9.17) is 5.73 Å². The number of benzene rings is 2. The average Bonchev–Trinajstić information content (AvgIpc) is 2.90. The number of phenolic OH excluding ortho intramolecular Hbond substituents is 1. The van der Waals surface area contributed by atoms with Crippen LogP contribution >= 0.6 is 0 Å². The van der Waals surface area contributed by atoms with Crippen molar-refractivity contribution in [3.63, 3.8) is 0 Å². The molecule has 0 bridgehead atoms. The Morgan fingerprint density at radius 2 is 1.65 bits per heavy atom. The number of hydrogen-bond acceptors (Lipinski definition) is 9. The maximum atomic E-state index is 14.1. The van der Waals surface area contributed by atoms with Gasteiger partial charge in [-0.2, -0.15) is 13.2 Å². The van der Waals surface area contributed by atoms with E-state index in [0.717, 1.165) is 12.1 Å². The molecule has 4 unspecified atom stereocenters. The van der Waals surface area contributed by atoms with E-state index < -0.39 is 75.5 Å². The lowest BCUT2D eigenvalue weighted by Gasteiger charge is -2.50. The van der Waals surface area contributed by atoms with Crippen LogP contribution < -0.4 is 10.6 Å². The van der Waals surface area contributed by atoms with Crippen LogP contribution in [0.3, 0.4) is 0 Å². The van der Waals surface area contributed by atoms with Gasteiger partial charge in [-0.25, -0.2) is 0 Å². The lowest BCUT2D eigenvalue weighted by molar-refractivity contribution is -0.153. The SMILES string of the molecule is CN(C)c1cc(-c2ccc(C(F)(F)F)cc2)c(O)c2c1CC1CC3C(N(C)C)C(=O)C(C(N)=O)=C(O)C3(O)C(=O)C1=C2O. The Labute approximate surface area is 244 Å². The number of fused-ring (bicyclic) bond motifs is 3. The Hall–Kier alpha value is -4.36. The van der Waals surface area contributed by atoms with E-state index in [1.54, 1.807) is 25.1 Å². The van der Waals surface area contributed by atoms with E-state index in [2.05, 4.69) is 0 Å². The van der Waals surface area contributed by atoms with Gasteiger partial charge in [-0.15, -0.1) is 0 Å². The topological polar surface area (TPSA) is 165 Å². The van der Waals surface area contributed by atoms with Crippen molar-refractivity contribution < 1.29 is 48.0 Å². The molecule has 0 spiro atoms. The van der Waals surface area contributed by atoms with Crippen molar-refractivity contribution in [3.05, 3.63) is 63.9 Å². The van der Waals surface area contributed by atoms with Gasteiger partial charge in [0.25, 0.3) is 5.91 Å². The van der Waals surface area contributed by atoms with Crippen LogP contribution in [0.15, 0.2) is 47.2 Å². The Morgan fingerprint density at radius 1 is 1.05 bits per heavy atom. The van der Waals surface area contributed by atoms with Gasteiger partial charge in [0.05, 0.1) is 17.2 Å². The summed E-state index contributed by atoms with van der Waals surface area (Å²) in [4.78, 5) is 42.6. The Morgan fingerprint density at radius 3 is 2.16 bits per heavy atom. The molecule has 5 rings (SSSR count). The van der Waals surface area contributed by atoms with E-state index >= 15 is 0 Å². The normalized spacial score (nSPS) is 25.5. The smallest absolute Gasteiger partial charge is 0.416 e. The lowest BCUT2D eigenvalue weighted by Crippen LogP contribution is -2.65. The molecule has 228 valence electrons. The molecule has 2 aromatic rings. The van der Waals surface area contributed by atoms with Crippen LogP contribution in [-0.4, -0.2) is 82.6 Å². The third-order valence-electron chi connectivity index (χ3n) is 8.70. The van der Waals surface area contributed by atoms with Crippen LogP contribution in [0.4, 0.5) is 18.9 Å². The molecule has 3 aliphatic carbocycles. The third kappa shape index (κ3) is 4.28. The maximum absolute atomic E-state index is 14.1. The van der Waals surface area contributed by atoms with E-state index in [-0.39, 0.29) is 35.1 Å². The number of nitrogens with zero attached hydrogens (tertiary/aromatic N) is 2. The van der Waals surface area contributed by atoms with Crippen molar-refractivity contribution in [1.82, 2.24) is 4.90 Å². The molecular formula is C30H30F3N3O7. The molecule has 6 N–H and O–H groups in total. The quantitative estimate of drug-likeness (QED) is 0.332. The minimum atomic E-state index is -4.58. The largest absolute Gasteiger partial charge is 0.508 e. The summed E-state index contributed by atoms with van der Waals surface area (Å²) in [5, 5.41) is 45.7. The van der Waals surface area contributed by atoms with Gasteiger partial charge in [0.1, 0.15) is 22.8 Å². The predicted octanol–water partition coefficient (Wildman–Crippen LogP) is 2.72. The fraction of sp³-hybridized carbons (Fsp3) is 0.367. The summed E-state index contributed by atoms with van der Waals surface area (Å²) in [6.07, 6.45) is -4.57. The first kappa shape index (κ1) is 30.1. The molecule has 43 heavy (non-hydrogen) atoms. The number of amides is 1. The molecule has 1 amide bonds. The zero-order chi connectivity index (χ0) is 31.9. The number of carbonyl (C=O) groups excluding carboxylic acids is 3. The monoisotopic (exact) mass is 601 g/mol. The number of rotatable bonds is 4. The van der Waals surface area contributed by atoms with E-state index in [9.17, 15) is 48.0 Å². The first-order chi connectivity index (χ1) is 19.9. The average molecular weight is 602 g/mol. The van der Waals surface area contributed by atoms with Gasteiger partial charge >= 0.3 is 6.18 Å². The molecule has 10 nitrogen and oxygen atoms in total. The predicted molar refractivity (Wildman–Crippen MR) is 149 cm³/mol. The van der Waals surface area contributed by atoms with Crippen LogP contribution in [0.5, 0.6) is 5.75 Å². The summed E-state index contributed by atoms with van der Waals surface area (Å²) in [6.45, 7) is 0. The molecule has 1 saturated carbocycles. The van der Waals surface area contributed by atoms with Crippen LogP contribution in [0, 0.1) is 11.8 Å². The molecule has 1 fully saturated rings. The number of carbonyl (C=O) groups is 3. The summed E-state index contributed by atoms with van der Waals surface area (Å²) < 4.78 is 39.5. The number of Topliss-reactive ketones (excluding diaryl/α,β-unsaturated/α-hetero) is 2. The molecule has 0 aliphatic heterocycles. The second kappa shape index (κ2) is 9.85. The van der Waals surface area contributed by atoms with Gasteiger partial charge in [-0.05, 0) is 62.2 Å². The third-order valence-corrected chi connectivity index (χ3v) is 8.70. The maximum Gasteiger partial charge on any atom is 0.416 e. The fourth-order valence-electron chi connectivity index (χ4n) is 6.75. The molecule has 2 aromatic carbocycles. The minimum absolute atomic E-state index is 0.0694. The Kier molecular flexibility index (Phi) is 6.89. The number of aliphatic hydroxyl groups excluding tert-OH is 2. The number of alkyl halides is 3. The first-order valence-electron chi connectivity index (χ1n) is 13.3. The number of halogens is 3. The van der Waals surface area contributed by atoms with Gasteiger partial charge in [-0.1, -0.05) is 12.1 Å². The Bertz CT molecular complexity index is 1640. The summed E-state index contributed by atoms with van der Waals surface area (Å²) >= 11 is 0. The van der Waals surface area contributed by atoms with E-state index in [1.807, 2.05) is 0 Å². The number of hydrogen-bond donors (Lipinski definition) is 5. The van der Waals surface area contributed by atoms with E-state index in [1.165, 1.54) is 31.1 Å². The highest BCUT2D eigenvalue weighted by Gasteiger charge is 2.64. The van der Waals surface area contributed by atoms with Gasteiger partial charge in [0, 0.05) is 36.8 Å². The number of ketones is 2. The van der Waals surface area contributed by atoms with Crippen molar-refractivity contribution in [3.8, 4) is 16.9 Å². The van der Waals surface area contributed by atoms with Gasteiger partial charge in [0.15, 0.2) is 11.4 Å². The summed E-state index contributed by atoms with van der Waals surface area (Å²) in [5.74, 6) is -7.71. The van der Waals surface area contributed by atoms with E-state index in [0.29, 0.717) is 11.3 Å². The molecule has 0 heterocycles. The number of aromatic hydroxyl groups is 1.